The first-order valence-corrected chi connectivity index (χ1v) is 6.28. The molecule has 4 heteroatoms. The fraction of sp³-hybridized carbons (Fsp3) is 0.750. The van der Waals surface area contributed by atoms with Crippen molar-refractivity contribution in [1.82, 2.24) is 14.9 Å². The highest BCUT2D eigenvalue weighted by Gasteiger charge is 2.24. The Kier molecular flexibility index (Phi) is 2.93. The Morgan fingerprint density at radius 2 is 2.38 bits per heavy atom. The molecule has 2 aliphatic rings. The lowest BCUT2D eigenvalue weighted by Crippen LogP contribution is -2.25. The summed E-state index contributed by atoms with van der Waals surface area (Å²) in [7, 11) is 0. The van der Waals surface area contributed by atoms with Gasteiger partial charge in [-0.3, -0.25) is 0 Å². The number of rotatable bonds is 2. The summed E-state index contributed by atoms with van der Waals surface area (Å²) in [4.78, 5) is 4.31. The molecule has 0 amide bonds. The van der Waals surface area contributed by atoms with Crippen LogP contribution in [0.2, 0.25) is 0 Å². The zero-order valence-corrected chi connectivity index (χ0v) is 9.56. The third-order valence-corrected chi connectivity index (χ3v) is 3.64. The quantitative estimate of drug-likeness (QED) is 0.825. The Bertz CT molecular complexity index is 338. The van der Waals surface area contributed by atoms with E-state index in [1.165, 1.54) is 31.4 Å². The van der Waals surface area contributed by atoms with Crippen molar-refractivity contribution in [1.29, 1.82) is 0 Å². The molecule has 3 heterocycles. The Morgan fingerprint density at radius 3 is 3.12 bits per heavy atom. The summed E-state index contributed by atoms with van der Waals surface area (Å²) in [5, 5.41) is 3.54. The summed E-state index contributed by atoms with van der Waals surface area (Å²) in [6.45, 7) is 2.90. The van der Waals surface area contributed by atoms with E-state index in [2.05, 4.69) is 14.9 Å². The first-order valence-electron chi connectivity index (χ1n) is 6.28. The van der Waals surface area contributed by atoms with E-state index in [0.717, 1.165) is 19.8 Å². The molecule has 2 aliphatic heterocycles. The van der Waals surface area contributed by atoms with E-state index in [-0.39, 0.29) is 0 Å². The van der Waals surface area contributed by atoms with Crippen molar-refractivity contribution >= 4 is 0 Å². The van der Waals surface area contributed by atoms with Crippen LogP contribution in [-0.4, -0.2) is 29.3 Å². The Morgan fingerprint density at radius 1 is 1.38 bits per heavy atom. The fourth-order valence-electron chi connectivity index (χ4n) is 2.77. The van der Waals surface area contributed by atoms with Crippen LogP contribution in [-0.2, 0) is 4.74 Å². The van der Waals surface area contributed by atoms with E-state index in [1.807, 2.05) is 12.5 Å². The third kappa shape index (κ3) is 1.87. The molecule has 3 rings (SSSR count). The lowest BCUT2D eigenvalue weighted by molar-refractivity contribution is 0.0578. The zero-order valence-electron chi connectivity index (χ0n) is 9.56. The molecule has 0 aliphatic carbocycles. The van der Waals surface area contributed by atoms with Gasteiger partial charge < -0.3 is 14.6 Å². The average Bonchev–Trinajstić information content (AvgIpc) is 3.01. The largest absolute Gasteiger partial charge is 0.379 e. The van der Waals surface area contributed by atoms with E-state index in [1.54, 1.807) is 0 Å². The molecule has 1 aromatic rings. The number of aromatic nitrogens is 2. The number of nitrogens with zero attached hydrogens (tertiary/aromatic N) is 2. The van der Waals surface area contributed by atoms with Crippen LogP contribution in [0.3, 0.4) is 0 Å². The molecule has 16 heavy (non-hydrogen) atoms. The van der Waals surface area contributed by atoms with Gasteiger partial charge in [0.2, 0.25) is 0 Å². The molecule has 0 saturated carbocycles. The minimum absolute atomic E-state index is 0.494. The molecule has 0 radical (unpaired) electrons. The van der Waals surface area contributed by atoms with Crippen molar-refractivity contribution in [2.45, 2.75) is 37.8 Å². The lowest BCUT2D eigenvalue weighted by atomic mass is 10.1. The van der Waals surface area contributed by atoms with Crippen molar-refractivity contribution in [3.05, 3.63) is 18.2 Å². The molecule has 2 fully saturated rings. The Balaban J connectivity index is 1.80. The van der Waals surface area contributed by atoms with Crippen molar-refractivity contribution in [2.75, 3.05) is 19.8 Å². The summed E-state index contributed by atoms with van der Waals surface area (Å²) >= 11 is 0. The molecule has 1 N–H and O–H groups in total. The SMILES string of the molecule is c1ncn(C2CCCOC2)c1C1CCCN1. The van der Waals surface area contributed by atoms with Gasteiger partial charge in [0, 0.05) is 18.8 Å². The second-order valence-electron chi connectivity index (χ2n) is 4.75. The maximum Gasteiger partial charge on any atom is 0.0952 e. The number of hydrogen-bond donors (Lipinski definition) is 1. The number of ether oxygens (including phenoxy) is 1. The van der Waals surface area contributed by atoms with Crippen molar-refractivity contribution in [3.63, 3.8) is 0 Å². The van der Waals surface area contributed by atoms with E-state index in [9.17, 15) is 0 Å². The third-order valence-electron chi connectivity index (χ3n) is 3.64. The van der Waals surface area contributed by atoms with Crippen LogP contribution in [0.5, 0.6) is 0 Å². The van der Waals surface area contributed by atoms with Crippen molar-refractivity contribution in [2.24, 2.45) is 0 Å². The van der Waals surface area contributed by atoms with Gasteiger partial charge in [0.05, 0.1) is 24.7 Å². The molecule has 1 aromatic heterocycles. The highest BCUT2D eigenvalue weighted by molar-refractivity contribution is 5.08. The van der Waals surface area contributed by atoms with E-state index < -0.39 is 0 Å². The van der Waals surface area contributed by atoms with E-state index >= 15 is 0 Å². The minimum Gasteiger partial charge on any atom is -0.379 e. The average molecular weight is 221 g/mol. The predicted octanol–water partition coefficient (Wildman–Crippen LogP) is 1.66. The topological polar surface area (TPSA) is 39.1 Å². The fourth-order valence-corrected chi connectivity index (χ4v) is 2.77. The van der Waals surface area contributed by atoms with Gasteiger partial charge in [-0.05, 0) is 32.2 Å². The summed E-state index contributed by atoms with van der Waals surface area (Å²) in [6.07, 6.45) is 8.87. The molecule has 0 spiro atoms. The van der Waals surface area contributed by atoms with Gasteiger partial charge >= 0.3 is 0 Å². The number of nitrogens with one attached hydrogen (secondary N) is 1. The van der Waals surface area contributed by atoms with Crippen molar-refractivity contribution < 1.29 is 4.74 Å². The van der Waals surface area contributed by atoms with Crippen molar-refractivity contribution in [3.8, 4) is 0 Å². The van der Waals surface area contributed by atoms with E-state index in [4.69, 9.17) is 4.74 Å². The monoisotopic (exact) mass is 221 g/mol. The Hall–Kier alpha value is -0.870. The van der Waals surface area contributed by atoms with Crippen LogP contribution in [0.25, 0.3) is 0 Å². The van der Waals surface area contributed by atoms with Crippen LogP contribution in [0, 0.1) is 0 Å². The summed E-state index contributed by atoms with van der Waals surface area (Å²) in [5.41, 5.74) is 1.34. The molecule has 2 unspecified atom stereocenters. The molecule has 0 aromatic carbocycles. The number of imidazole rings is 1. The predicted molar refractivity (Wildman–Crippen MR) is 61.3 cm³/mol. The van der Waals surface area contributed by atoms with Gasteiger partial charge in [0.1, 0.15) is 0 Å². The second kappa shape index (κ2) is 4.55. The van der Waals surface area contributed by atoms with Gasteiger partial charge in [-0.2, -0.15) is 0 Å². The second-order valence-corrected chi connectivity index (χ2v) is 4.75. The summed E-state index contributed by atoms with van der Waals surface area (Å²) in [5.74, 6) is 0. The minimum atomic E-state index is 0.494. The normalized spacial score (nSPS) is 30.8. The molecular formula is C12H19N3O. The molecule has 2 atom stereocenters. The summed E-state index contributed by atoms with van der Waals surface area (Å²) < 4.78 is 7.88. The maximum atomic E-state index is 5.55. The maximum absolute atomic E-state index is 5.55. The van der Waals surface area contributed by atoms with Crippen LogP contribution in [0.4, 0.5) is 0 Å². The van der Waals surface area contributed by atoms with Gasteiger partial charge in [0.15, 0.2) is 0 Å². The van der Waals surface area contributed by atoms with Gasteiger partial charge in [-0.15, -0.1) is 0 Å². The highest BCUT2D eigenvalue weighted by Crippen LogP contribution is 2.28. The van der Waals surface area contributed by atoms with Crippen LogP contribution in [0.15, 0.2) is 12.5 Å². The van der Waals surface area contributed by atoms with E-state index in [0.29, 0.717) is 12.1 Å². The molecule has 2 saturated heterocycles. The Labute approximate surface area is 96.0 Å². The standard InChI is InChI=1S/C12H19N3O/c1-4-11(14-5-1)12-7-13-9-15(12)10-3-2-6-16-8-10/h7,9-11,14H,1-6,8H2. The smallest absolute Gasteiger partial charge is 0.0952 e. The highest BCUT2D eigenvalue weighted by atomic mass is 16.5. The van der Waals surface area contributed by atoms with Gasteiger partial charge in [-0.25, -0.2) is 4.98 Å². The first kappa shape index (κ1) is 10.3. The first-order chi connectivity index (χ1) is 7.95. The summed E-state index contributed by atoms with van der Waals surface area (Å²) in [6, 6.07) is 0.998. The van der Waals surface area contributed by atoms with Crippen LogP contribution in [0.1, 0.15) is 43.5 Å². The van der Waals surface area contributed by atoms with Gasteiger partial charge in [0.25, 0.3) is 0 Å². The lowest BCUT2D eigenvalue weighted by Gasteiger charge is -2.26. The van der Waals surface area contributed by atoms with Crippen LogP contribution >= 0.6 is 0 Å². The molecule has 4 nitrogen and oxygen atoms in total. The number of hydrogen-bond acceptors (Lipinski definition) is 3. The molecular weight excluding hydrogens is 202 g/mol. The molecule has 0 bridgehead atoms. The van der Waals surface area contributed by atoms with Gasteiger partial charge in [-0.1, -0.05) is 0 Å². The zero-order chi connectivity index (χ0) is 10.8. The van der Waals surface area contributed by atoms with Crippen LogP contribution < -0.4 is 5.32 Å². The molecule has 88 valence electrons.